The molecule has 0 saturated carbocycles. The maximum Gasteiger partial charge on any atom is 0.320 e. The van der Waals surface area contributed by atoms with Crippen LogP contribution in [0.2, 0.25) is 0 Å². The van der Waals surface area contributed by atoms with Crippen molar-refractivity contribution in [2.45, 2.75) is 13.0 Å². The van der Waals surface area contributed by atoms with E-state index in [1.165, 1.54) is 5.56 Å². The number of amides is 2. The molecule has 2 aromatic rings. The first-order valence-corrected chi connectivity index (χ1v) is 8.57. The van der Waals surface area contributed by atoms with E-state index in [1.54, 1.807) is 13.0 Å². The summed E-state index contributed by atoms with van der Waals surface area (Å²) in [7, 11) is 2.15. The number of carbonyl (C=O) groups excluding carboxylic acids is 1. The van der Waals surface area contributed by atoms with Gasteiger partial charge in [0.15, 0.2) is 5.82 Å². The fourth-order valence-corrected chi connectivity index (χ4v) is 3.11. The molecule has 1 fully saturated rings. The summed E-state index contributed by atoms with van der Waals surface area (Å²) >= 11 is 0. The first kappa shape index (κ1) is 17.4. The summed E-state index contributed by atoms with van der Waals surface area (Å²) in [5.41, 5.74) is 1.32. The molecule has 1 atom stereocenters. The van der Waals surface area contributed by atoms with E-state index in [1.807, 2.05) is 6.07 Å². The number of aromatic nitrogens is 1. The third-order valence-electron chi connectivity index (χ3n) is 4.43. The molecule has 7 heteroatoms. The highest BCUT2D eigenvalue weighted by Gasteiger charge is 2.26. The molecule has 2 N–H and O–H groups in total. The molecule has 2 heterocycles. The molecule has 0 bridgehead atoms. The Morgan fingerprint density at radius 3 is 2.84 bits per heavy atom. The third-order valence-corrected chi connectivity index (χ3v) is 4.43. The van der Waals surface area contributed by atoms with Crippen LogP contribution in [0.25, 0.3) is 0 Å². The second-order valence-electron chi connectivity index (χ2n) is 6.43. The number of likely N-dealkylation sites (N-methyl/N-ethyl adjacent to an activating group) is 1. The highest BCUT2D eigenvalue weighted by atomic mass is 16.5. The summed E-state index contributed by atoms with van der Waals surface area (Å²) in [5, 5.41) is 9.30. The number of nitrogens with zero attached hydrogens (tertiary/aromatic N) is 3. The average Bonchev–Trinajstić information content (AvgIpc) is 3.01. The van der Waals surface area contributed by atoms with Crippen LogP contribution in [0.15, 0.2) is 40.9 Å². The van der Waals surface area contributed by atoms with Crippen LogP contribution in [0.5, 0.6) is 0 Å². The van der Waals surface area contributed by atoms with Gasteiger partial charge in [0.2, 0.25) is 0 Å². The van der Waals surface area contributed by atoms with Crippen LogP contribution in [0, 0.1) is 6.92 Å². The lowest BCUT2D eigenvalue weighted by atomic mass is 10.0. The standard InChI is InChI=1S/C18H25N5O2/c1-14-12-17(21-25-14)20-18(24)19-8-9-23-11-10-22(2)13-16(23)15-6-4-3-5-7-15/h3-7,12,16H,8-11,13H2,1-2H3,(H2,19,20,21,24)/t16-/m1/s1. The van der Waals surface area contributed by atoms with Gasteiger partial charge in [0.25, 0.3) is 0 Å². The summed E-state index contributed by atoms with van der Waals surface area (Å²) < 4.78 is 4.93. The van der Waals surface area contributed by atoms with E-state index >= 15 is 0 Å². The summed E-state index contributed by atoms with van der Waals surface area (Å²) in [6.45, 7) is 6.19. The Labute approximate surface area is 148 Å². The van der Waals surface area contributed by atoms with E-state index in [0.717, 1.165) is 26.2 Å². The molecule has 1 aromatic carbocycles. The molecule has 134 valence electrons. The average molecular weight is 343 g/mol. The quantitative estimate of drug-likeness (QED) is 0.870. The topological polar surface area (TPSA) is 73.6 Å². The first-order valence-electron chi connectivity index (χ1n) is 8.57. The molecule has 1 aliphatic rings. The highest BCUT2D eigenvalue weighted by Crippen LogP contribution is 2.24. The first-order chi connectivity index (χ1) is 12.1. The number of benzene rings is 1. The van der Waals surface area contributed by atoms with Gasteiger partial charge in [-0.1, -0.05) is 35.5 Å². The number of carbonyl (C=O) groups is 1. The third kappa shape index (κ3) is 4.80. The van der Waals surface area contributed by atoms with Crippen LogP contribution < -0.4 is 10.6 Å². The number of rotatable bonds is 5. The Balaban J connectivity index is 1.51. The van der Waals surface area contributed by atoms with E-state index in [9.17, 15) is 4.79 Å². The van der Waals surface area contributed by atoms with E-state index in [4.69, 9.17) is 4.52 Å². The van der Waals surface area contributed by atoms with Crippen LogP contribution in [0.4, 0.5) is 10.6 Å². The summed E-state index contributed by atoms with van der Waals surface area (Å²) in [5.74, 6) is 1.09. The fourth-order valence-electron chi connectivity index (χ4n) is 3.11. The molecule has 0 spiro atoms. The summed E-state index contributed by atoms with van der Waals surface area (Å²) in [4.78, 5) is 16.7. The van der Waals surface area contributed by atoms with Crippen molar-refractivity contribution in [1.82, 2.24) is 20.3 Å². The Hall–Kier alpha value is -2.38. The molecule has 0 radical (unpaired) electrons. The van der Waals surface area contributed by atoms with Crippen LogP contribution in [-0.4, -0.2) is 60.8 Å². The highest BCUT2D eigenvalue weighted by molar-refractivity contribution is 5.88. The smallest absolute Gasteiger partial charge is 0.320 e. The van der Waals surface area contributed by atoms with Gasteiger partial charge in [0.1, 0.15) is 5.76 Å². The number of aryl methyl sites for hydroxylation is 1. The van der Waals surface area contributed by atoms with Gasteiger partial charge < -0.3 is 14.7 Å². The molecular weight excluding hydrogens is 318 g/mol. The predicted octanol–water partition coefficient (Wildman–Crippen LogP) is 2.09. The summed E-state index contributed by atoms with van der Waals surface area (Å²) in [6, 6.07) is 12.3. The van der Waals surface area contributed by atoms with Crippen LogP contribution in [-0.2, 0) is 0 Å². The zero-order valence-corrected chi connectivity index (χ0v) is 14.7. The van der Waals surface area contributed by atoms with Gasteiger partial charge in [-0.2, -0.15) is 0 Å². The Kier molecular flexibility index (Phi) is 5.67. The summed E-state index contributed by atoms with van der Waals surface area (Å²) in [6.07, 6.45) is 0. The molecule has 1 aromatic heterocycles. The molecule has 0 unspecified atom stereocenters. The van der Waals surface area contributed by atoms with Crippen molar-refractivity contribution in [2.75, 3.05) is 45.1 Å². The second-order valence-corrected chi connectivity index (χ2v) is 6.43. The van der Waals surface area contributed by atoms with Gasteiger partial charge in [-0.3, -0.25) is 10.2 Å². The lowest BCUT2D eigenvalue weighted by molar-refractivity contribution is 0.0913. The SMILES string of the molecule is Cc1cc(NC(=O)NCCN2CCN(C)C[C@@H]2c2ccccc2)no1. The number of urea groups is 1. The molecule has 0 aliphatic carbocycles. The van der Waals surface area contributed by atoms with Crippen LogP contribution in [0.1, 0.15) is 17.4 Å². The van der Waals surface area contributed by atoms with Gasteiger partial charge in [-0.15, -0.1) is 0 Å². The van der Waals surface area contributed by atoms with E-state index in [2.05, 4.69) is 56.9 Å². The molecular formula is C18H25N5O2. The maximum atomic E-state index is 11.9. The van der Waals surface area contributed by atoms with E-state index in [-0.39, 0.29) is 6.03 Å². The van der Waals surface area contributed by atoms with Crippen molar-refractivity contribution in [1.29, 1.82) is 0 Å². The molecule has 3 rings (SSSR count). The lowest BCUT2D eigenvalue weighted by Crippen LogP contribution is -2.49. The molecule has 25 heavy (non-hydrogen) atoms. The minimum atomic E-state index is -0.265. The van der Waals surface area contributed by atoms with E-state index < -0.39 is 0 Å². The molecule has 1 aliphatic heterocycles. The Bertz CT molecular complexity index is 688. The minimum Gasteiger partial charge on any atom is -0.360 e. The van der Waals surface area contributed by atoms with E-state index in [0.29, 0.717) is 24.2 Å². The van der Waals surface area contributed by atoms with Crippen molar-refractivity contribution in [2.24, 2.45) is 0 Å². The zero-order valence-electron chi connectivity index (χ0n) is 14.7. The van der Waals surface area contributed by atoms with Crippen LogP contribution >= 0.6 is 0 Å². The van der Waals surface area contributed by atoms with Gasteiger partial charge in [-0.25, -0.2) is 4.79 Å². The number of nitrogens with one attached hydrogen (secondary N) is 2. The Morgan fingerprint density at radius 2 is 2.12 bits per heavy atom. The van der Waals surface area contributed by atoms with Crippen molar-refractivity contribution in [3.63, 3.8) is 0 Å². The largest absolute Gasteiger partial charge is 0.360 e. The zero-order chi connectivity index (χ0) is 17.6. The molecule has 7 nitrogen and oxygen atoms in total. The lowest BCUT2D eigenvalue weighted by Gasteiger charge is -2.40. The predicted molar refractivity (Wildman–Crippen MR) is 96.5 cm³/mol. The second kappa shape index (κ2) is 8.13. The maximum absolute atomic E-state index is 11.9. The minimum absolute atomic E-state index is 0.265. The molecule has 2 amide bonds. The van der Waals surface area contributed by atoms with Crippen LogP contribution in [0.3, 0.4) is 0 Å². The van der Waals surface area contributed by atoms with Crippen molar-refractivity contribution in [3.05, 3.63) is 47.7 Å². The normalized spacial score (nSPS) is 18.9. The molecule has 1 saturated heterocycles. The number of piperazine rings is 1. The van der Waals surface area contributed by atoms with Gasteiger partial charge in [-0.05, 0) is 19.5 Å². The monoisotopic (exact) mass is 343 g/mol. The van der Waals surface area contributed by atoms with Gasteiger partial charge in [0.05, 0.1) is 0 Å². The van der Waals surface area contributed by atoms with Gasteiger partial charge in [0, 0.05) is 44.8 Å². The van der Waals surface area contributed by atoms with Crippen molar-refractivity contribution >= 4 is 11.8 Å². The number of anilines is 1. The van der Waals surface area contributed by atoms with Crippen molar-refractivity contribution in [3.8, 4) is 0 Å². The number of hydrogen-bond acceptors (Lipinski definition) is 5. The number of hydrogen-bond donors (Lipinski definition) is 2. The van der Waals surface area contributed by atoms with Gasteiger partial charge >= 0.3 is 6.03 Å². The fraction of sp³-hybridized carbons (Fsp3) is 0.444. The van der Waals surface area contributed by atoms with Crippen molar-refractivity contribution < 1.29 is 9.32 Å². The Morgan fingerprint density at radius 1 is 1.32 bits per heavy atom.